The second-order valence-corrected chi connectivity index (χ2v) is 4.84. The van der Waals surface area contributed by atoms with Crippen LogP contribution in [0.5, 0.6) is 5.75 Å². The first-order chi connectivity index (χ1) is 9.97. The molecule has 1 heterocycles. The van der Waals surface area contributed by atoms with Crippen molar-refractivity contribution in [3.8, 4) is 5.75 Å². The number of carbonyl (C=O) groups excluding carboxylic acids is 1. The smallest absolute Gasteiger partial charge is 0.326 e. The van der Waals surface area contributed by atoms with E-state index in [0.29, 0.717) is 5.75 Å². The Hall–Kier alpha value is -2.15. The Balaban J connectivity index is 1.84. The lowest BCUT2D eigenvalue weighted by Crippen LogP contribution is -2.41. The SMILES string of the molecule is O=C(O)[C@@H]1C[C@H](O)CN1C(=O)CCOc1ccc(F)cc1. The molecule has 1 aromatic carbocycles. The van der Waals surface area contributed by atoms with E-state index in [-0.39, 0.29) is 37.7 Å². The predicted molar refractivity (Wildman–Crippen MR) is 70.3 cm³/mol. The predicted octanol–water partition coefficient (Wildman–Crippen LogP) is 0.641. The molecule has 21 heavy (non-hydrogen) atoms. The van der Waals surface area contributed by atoms with Crippen molar-refractivity contribution in [2.45, 2.75) is 25.0 Å². The third-order valence-electron chi connectivity index (χ3n) is 3.28. The lowest BCUT2D eigenvalue weighted by atomic mass is 10.2. The monoisotopic (exact) mass is 297 g/mol. The number of aliphatic hydroxyl groups is 1. The lowest BCUT2D eigenvalue weighted by molar-refractivity contribution is -0.148. The molecular formula is C14H16FNO5. The Morgan fingerprint density at radius 1 is 1.33 bits per heavy atom. The van der Waals surface area contributed by atoms with Gasteiger partial charge in [0.1, 0.15) is 17.6 Å². The summed E-state index contributed by atoms with van der Waals surface area (Å²) in [4.78, 5) is 24.1. The number of halogens is 1. The number of carboxylic acids is 1. The molecule has 1 aliphatic rings. The molecule has 6 nitrogen and oxygen atoms in total. The number of ether oxygens (including phenoxy) is 1. The highest BCUT2D eigenvalue weighted by molar-refractivity contribution is 5.84. The van der Waals surface area contributed by atoms with Crippen LogP contribution in [0, 0.1) is 5.82 Å². The van der Waals surface area contributed by atoms with Gasteiger partial charge in [0, 0.05) is 13.0 Å². The van der Waals surface area contributed by atoms with E-state index in [4.69, 9.17) is 9.84 Å². The van der Waals surface area contributed by atoms with E-state index in [1.165, 1.54) is 24.3 Å². The van der Waals surface area contributed by atoms with Crippen molar-refractivity contribution in [1.82, 2.24) is 4.90 Å². The summed E-state index contributed by atoms with van der Waals surface area (Å²) in [5.41, 5.74) is 0. The summed E-state index contributed by atoms with van der Waals surface area (Å²) in [6.07, 6.45) is -0.776. The van der Waals surface area contributed by atoms with E-state index < -0.39 is 18.1 Å². The standard InChI is InChI=1S/C14H16FNO5/c15-9-1-3-11(4-2-9)21-6-5-13(18)16-8-10(17)7-12(16)14(19)20/h1-4,10,12,17H,5-8H2,(H,19,20)/t10-,12-/m0/s1. The lowest BCUT2D eigenvalue weighted by Gasteiger charge is -2.21. The number of likely N-dealkylation sites (tertiary alicyclic amines) is 1. The Labute approximate surface area is 120 Å². The van der Waals surface area contributed by atoms with Gasteiger partial charge >= 0.3 is 5.97 Å². The fourth-order valence-electron chi connectivity index (χ4n) is 2.25. The van der Waals surface area contributed by atoms with Gasteiger partial charge in [-0.15, -0.1) is 0 Å². The number of carboxylic acid groups (broad SMARTS) is 1. The molecule has 2 rings (SSSR count). The molecule has 0 aliphatic carbocycles. The van der Waals surface area contributed by atoms with Gasteiger partial charge in [0.15, 0.2) is 0 Å². The van der Waals surface area contributed by atoms with E-state index in [9.17, 15) is 19.1 Å². The van der Waals surface area contributed by atoms with Crippen LogP contribution >= 0.6 is 0 Å². The second kappa shape index (κ2) is 6.53. The van der Waals surface area contributed by atoms with Gasteiger partial charge in [0.05, 0.1) is 19.1 Å². The van der Waals surface area contributed by atoms with Crippen LogP contribution in [-0.2, 0) is 9.59 Å². The van der Waals surface area contributed by atoms with Crippen molar-refractivity contribution in [3.05, 3.63) is 30.1 Å². The molecule has 7 heteroatoms. The third-order valence-corrected chi connectivity index (χ3v) is 3.28. The van der Waals surface area contributed by atoms with Gasteiger partial charge in [0.2, 0.25) is 5.91 Å². The van der Waals surface area contributed by atoms with Crippen LogP contribution in [-0.4, -0.2) is 52.3 Å². The minimum atomic E-state index is -1.13. The molecule has 2 N–H and O–H groups in total. The number of hydrogen-bond donors (Lipinski definition) is 2. The molecule has 0 unspecified atom stereocenters. The number of rotatable bonds is 5. The minimum Gasteiger partial charge on any atom is -0.493 e. The Bertz CT molecular complexity index is 519. The topological polar surface area (TPSA) is 87.1 Å². The van der Waals surface area contributed by atoms with E-state index in [2.05, 4.69) is 0 Å². The Morgan fingerprint density at radius 3 is 2.62 bits per heavy atom. The summed E-state index contributed by atoms with van der Waals surface area (Å²) in [6.45, 7) is 0.0791. The molecule has 1 aromatic rings. The molecule has 1 aliphatic heterocycles. The largest absolute Gasteiger partial charge is 0.493 e. The summed E-state index contributed by atoms with van der Waals surface area (Å²) in [7, 11) is 0. The summed E-state index contributed by atoms with van der Waals surface area (Å²) < 4.78 is 18.0. The first-order valence-electron chi connectivity index (χ1n) is 6.56. The average molecular weight is 297 g/mol. The van der Waals surface area contributed by atoms with E-state index in [0.717, 1.165) is 4.90 Å². The van der Waals surface area contributed by atoms with Gasteiger partial charge in [-0.05, 0) is 24.3 Å². The zero-order valence-corrected chi connectivity index (χ0v) is 11.2. The fraction of sp³-hybridized carbons (Fsp3) is 0.429. The normalized spacial score (nSPS) is 21.3. The van der Waals surface area contributed by atoms with Crippen LogP contribution in [0.2, 0.25) is 0 Å². The average Bonchev–Trinajstić information content (AvgIpc) is 2.83. The molecule has 0 saturated carbocycles. The summed E-state index contributed by atoms with van der Waals surface area (Å²) in [5, 5.41) is 18.5. The maximum absolute atomic E-state index is 12.7. The van der Waals surface area contributed by atoms with E-state index in [1.807, 2.05) is 0 Å². The van der Waals surface area contributed by atoms with Crippen molar-refractivity contribution in [2.75, 3.05) is 13.2 Å². The second-order valence-electron chi connectivity index (χ2n) is 4.84. The van der Waals surface area contributed by atoms with Gasteiger partial charge in [-0.2, -0.15) is 0 Å². The Morgan fingerprint density at radius 2 is 2.00 bits per heavy atom. The molecule has 0 bridgehead atoms. The number of hydrogen-bond acceptors (Lipinski definition) is 4. The molecular weight excluding hydrogens is 281 g/mol. The van der Waals surface area contributed by atoms with Gasteiger partial charge in [-0.25, -0.2) is 9.18 Å². The molecule has 1 amide bonds. The van der Waals surface area contributed by atoms with Crippen LogP contribution in [0.15, 0.2) is 24.3 Å². The quantitative estimate of drug-likeness (QED) is 0.833. The van der Waals surface area contributed by atoms with Crippen LogP contribution < -0.4 is 4.74 Å². The maximum Gasteiger partial charge on any atom is 0.326 e. The van der Waals surface area contributed by atoms with Gasteiger partial charge in [-0.3, -0.25) is 4.79 Å². The first kappa shape index (κ1) is 15.2. The van der Waals surface area contributed by atoms with E-state index in [1.54, 1.807) is 0 Å². The van der Waals surface area contributed by atoms with Crippen LogP contribution in [0.3, 0.4) is 0 Å². The van der Waals surface area contributed by atoms with Crippen molar-refractivity contribution >= 4 is 11.9 Å². The fourth-order valence-corrected chi connectivity index (χ4v) is 2.25. The molecule has 114 valence electrons. The van der Waals surface area contributed by atoms with E-state index >= 15 is 0 Å². The molecule has 0 radical (unpaired) electrons. The zero-order chi connectivity index (χ0) is 15.4. The molecule has 2 atom stereocenters. The zero-order valence-electron chi connectivity index (χ0n) is 11.2. The van der Waals surface area contributed by atoms with Gasteiger partial charge in [0.25, 0.3) is 0 Å². The number of aliphatic carboxylic acids is 1. The van der Waals surface area contributed by atoms with Crippen LogP contribution in [0.25, 0.3) is 0 Å². The number of carbonyl (C=O) groups is 2. The molecule has 0 spiro atoms. The van der Waals surface area contributed by atoms with Crippen molar-refractivity contribution in [1.29, 1.82) is 0 Å². The van der Waals surface area contributed by atoms with Crippen molar-refractivity contribution in [3.63, 3.8) is 0 Å². The van der Waals surface area contributed by atoms with Crippen LogP contribution in [0.4, 0.5) is 4.39 Å². The Kier molecular flexibility index (Phi) is 4.74. The highest BCUT2D eigenvalue weighted by Gasteiger charge is 2.38. The third kappa shape index (κ3) is 3.91. The molecule has 1 fully saturated rings. The van der Waals surface area contributed by atoms with Gasteiger partial charge in [-0.1, -0.05) is 0 Å². The highest BCUT2D eigenvalue weighted by atomic mass is 19.1. The van der Waals surface area contributed by atoms with Crippen molar-refractivity contribution < 1.29 is 28.9 Å². The first-order valence-corrected chi connectivity index (χ1v) is 6.56. The number of benzene rings is 1. The number of nitrogens with zero attached hydrogens (tertiary/aromatic N) is 1. The number of β-amino-alcohol motifs (C(OH)–C–C–N with tert-alkyl or cyclic N) is 1. The summed E-state index contributed by atoms with van der Waals surface area (Å²) >= 11 is 0. The minimum absolute atomic E-state index is 0.00607. The number of aliphatic hydroxyl groups excluding tert-OH is 1. The van der Waals surface area contributed by atoms with Crippen LogP contribution in [0.1, 0.15) is 12.8 Å². The van der Waals surface area contributed by atoms with Crippen molar-refractivity contribution in [2.24, 2.45) is 0 Å². The van der Waals surface area contributed by atoms with Gasteiger partial charge < -0.3 is 19.8 Å². The molecule has 0 aromatic heterocycles. The summed E-state index contributed by atoms with van der Waals surface area (Å²) in [5.74, 6) is -1.46. The number of amides is 1. The summed E-state index contributed by atoms with van der Waals surface area (Å²) in [6, 6.07) is 4.39. The highest BCUT2D eigenvalue weighted by Crippen LogP contribution is 2.19. The maximum atomic E-state index is 12.7. The molecule has 1 saturated heterocycles.